The van der Waals surface area contributed by atoms with E-state index in [1.54, 1.807) is 27.6 Å². The Morgan fingerprint density at radius 3 is 2.00 bits per heavy atom. The third-order valence-corrected chi connectivity index (χ3v) is 4.01. The summed E-state index contributed by atoms with van der Waals surface area (Å²) in [6, 6.07) is 0. The molecular weight excluding hydrogens is 188 g/mol. The van der Waals surface area contributed by atoms with E-state index in [2.05, 4.69) is 0 Å². The molecular formula is C8H18O4Si. The molecule has 13 heavy (non-hydrogen) atoms. The van der Waals surface area contributed by atoms with E-state index in [1.807, 2.05) is 13.0 Å². The number of allylic oxidation sites excluding steroid dienone is 1. The molecule has 0 aliphatic carbocycles. The van der Waals surface area contributed by atoms with Crippen molar-refractivity contribution in [3.8, 4) is 0 Å². The molecule has 0 atom stereocenters. The van der Waals surface area contributed by atoms with Crippen LogP contribution in [-0.4, -0.2) is 36.4 Å². The zero-order valence-corrected chi connectivity index (χ0v) is 9.70. The monoisotopic (exact) mass is 206 g/mol. The topological polar surface area (TPSA) is 36.9 Å². The summed E-state index contributed by atoms with van der Waals surface area (Å²) in [4.78, 5) is 0. The predicted octanol–water partition coefficient (Wildman–Crippen LogP) is 1.34. The number of hydrogen-bond acceptors (Lipinski definition) is 4. The average molecular weight is 206 g/mol. The van der Waals surface area contributed by atoms with Crippen molar-refractivity contribution in [2.24, 2.45) is 0 Å². The second kappa shape index (κ2) is 7.08. The molecule has 5 heteroatoms. The Morgan fingerprint density at radius 1 is 1.08 bits per heavy atom. The predicted molar refractivity (Wildman–Crippen MR) is 52.2 cm³/mol. The third-order valence-electron chi connectivity index (χ3n) is 1.62. The van der Waals surface area contributed by atoms with Crippen LogP contribution in [-0.2, 0) is 18.0 Å². The van der Waals surface area contributed by atoms with Crippen LogP contribution >= 0.6 is 0 Å². The standard InChI is InChI=1S/C8H18O4Si/c1-5-6-7-12-8-13(9-2,10-3)11-4/h6-7H,5,8H2,1-4H3. The minimum absolute atomic E-state index is 0.340. The molecule has 0 N–H and O–H groups in total. The van der Waals surface area contributed by atoms with Gasteiger partial charge in [0.2, 0.25) is 0 Å². The molecule has 0 aliphatic heterocycles. The van der Waals surface area contributed by atoms with Crippen LogP contribution in [0.25, 0.3) is 0 Å². The van der Waals surface area contributed by atoms with Gasteiger partial charge in [-0.25, -0.2) is 0 Å². The summed E-state index contributed by atoms with van der Waals surface area (Å²) in [5.74, 6) is 0. The first-order chi connectivity index (χ1) is 6.24. The summed E-state index contributed by atoms with van der Waals surface area (Å²) in [5, 5.41) is 0. The molecule has 0 rings (SSSR count). The lowest BCUT2D eigenvalue weighted by Crippen LogP contribution is -2.47. The second-order valence-electron chi connectivity index (χ2n) is 2.39. The van der Waals surface area contributed by atoms with Gasteiger partial charge in [0.1, 0.15) is 0 Å². The van der Waals surface area contributed by atoms with E-state index in [0.717, 1.165) is 6.42 Å². The molecule has 0 unspecified atom stereocenters. The van der Waals surface area contributed by atoms with Crippen molar-refractivity contribution in [1.29, 1.82) is 0 Å². The molecule has 0 radical (unpaired) electrons. The zero-order valence-electron chi connectivity index (χ0n) is 8.70. The van der Waals surface area contributed by atoms with Crippen molar-refractivity contribution in [2.75, 3.05) is 27.6 Å². The molecule has 0 spiro atoms. The first-order valence-corrected chi connectivity index (χ1v) is 6.10. The highest BCUT2D eigenvalue weighted by molar-refractivity contribution is 6.60. The fraction of sp³-hybridized carbons (Fsp3) is 0.750. The van der Waals surface area contributed by atoms with Gasteiger partial charge in [-0.05, 0) is 6.42 Å². The molecule has 0 aromatic carbocycles. The van der Waals surface area contributed by atoms with Crippen LogP contribution in [0.3, 0.4) is 0 Å². The van der Waals surface area contributed by atoms with Gasteiger partial charge in [0.15, 0.2) is 6.23 Å². The quantitative estimate of drug-likeness (QED) is 0.465. The van der Waals surface area contributed by atoms with Gasteiger partial charge < -0.3 is 18.0 Å². The smallest absolute Gasteiger partial charge is 0.497 e. The lowest BCUT2D eigenvalue weighted by molar-refractivity contribution is 0.0905. The van der Waals surface area contributed by atoms with Crippen LogP contribution in [0.4, 0.5) is 0 Å². The third kappa shape index (κ3) is 4.42. The fourth-order valence-corrected chi connectivity index (χ4v) is 1.90. The average Bonchev–Trinajstić information content (AvgIpc) is 2.20. The first kappa shape index (κ1) is 12.6. The maximum absolute atomic E-state index is 5.22. The highest BCUT2D eigenvalue weighted by atomic mass is 28.4. The van der Waals surface area contributed by atoms with Crippen LogP contribution in [0.2, 0.25) is 0 Å². The Labute approximate surface area is 80.8 Å². The van der Waals surface area contributed by atoms with E-state index < -0.39 is 8.80 Å². The molecule has 0 amide bonds. The van der Waals surface area contributed by atoms with E-state index in [0.29, 0.717) is 6.23 Å². The molecule has 0 aromatic heterocycles. The molecule has 78 valence electrons. The Kier molecular flexibility index (Phi) is 6.88. The molecule has 0 saturated heterocycles. The first-order valence-electron chi connectivity index (χ1n) is 4.16. The fourth-order valence-electron chi connectivity index (χ4n) is 0.741. The summed E-state index contributed by atoms with van der Waals surface area (Å²) in [5.41, 5.74) is 0. The Morgan fingerprint density at radius 2 is 1.62 bits per heavy atom. The van der Waals surface area contributed by atoms with Crippen molar-refractivity contribution >= 4 is 8.80 Å². The Hall–Kier alpha value is -0.363. The molecule has 0 aliphatic rings. The van der Waals surface area contributed by atoms with Crippen LogP contribution in [0.1, 0.15) is 13.3 Å². The van der Waals surface area contributed by atoms with Crippen molar-refractivity contribution in [3.63, 3.8) is 0 Å². The highest BCUT2D eigenvalue weighted by Crippen LogP contribution is 2.06. The van der Waals surface area contributed by atoms with Gasteiger partial charge in [-0.15, -0.1) is 0 Å². The second-order valence-corrected chi connectivity index (χ2v) is 5.27. The zero-order chi connectivity index (χ0) is 10.2. The molecule has 0 bridgehead atoms. The van der Waals surface area contributed by atoms with Crippen molar-refractivity contribution < 1.29 is 18.0 Å². The van der Waals surface area contributed by atoms with Crippen LogP contribution in [0.5, 0.6) is 0 Å². The van der Waals surface area contributed by atoms with Gasteiger partial charge in [-0.2, -0.15) is 0 Å². The minimum Gasteiger partial charge on any atom is -0.497 e. The van der Waals surface area contributed by atoms with Gasteiger partial charge in [-0.3, -0.25) is 0 Å². The van der Waals surface area contributed by atoms with Gasteiger partial charge >= 0.3 is 8.80 Å². The van der Waals surface area contributed by atoms with Crippen molar-refractivity contribution in [1.82, 2.24) is 0 Å². The van der Waals surface area contributed by atoms with E-state index in [-0.39, 0.29) is 0 Å². The molecule has 0 aromatic rings. The van der Waals surface area contributed by atoms with E-state index >= 15 is 0 Å². The molecule has 0 heterocycles. The molecule has 4 nitrogen and oxygen atoms in total. The SMILES string of the molecule is CCC=COC[Si](OC)(OC)OC. The summed E-state index contributed by atoms with van der Waals surface area (Å²) in [6.07, 6.45) is 4.84. The van der Waals surface area contributed by atoms with E-state index in [1.165, 1.54) is 0 Å². The van der Waals surface area contributed by atoms with Crippen LogP contribution in [0, 0.1) is 0 Å². The maximum atomic E-state index is 5.22. The summed E-state index contributed by atoms with van der Waals surface area (Å²) >= 11 is 0. The normalized spacial score (nSPS) is 12.3. The van der Waals surface area contributed by atoms with Gasteiger partial charge in [0, 0.05) is 21.3 Å². The Balaban J connectivity index is 3.88. The summed E-state index contributed by atoms with van der Waals surface area (Å²) < 4.78 is 20.7. The van der Waals surface area contributed by atoms with Crippen molar-refractivity contribution in [3.05, 3.63) is 12.3 Å². The van der Waals surface area contributed by atoms with Gasteiger partial charge in [0.05, 0.1) is 6.26 Å². The lowest BCUT2D eigenvalue weighted by Gasteiger charge is -2.23. The Bertz CT molecular complexity index is 137. The van der Waals surface area contributed by atoms with Crippen molar-refractivity contribution in [2.45, 2.75) is 13.3 Å². The number of hydrogen-bond donors (Lipinski definition) is 0. The lowest BCUT2D eigenvalue weighted by atomic mass is 10.5. The number of rotatable bonds is 7. The van der Waals surface area contributed by atoms with Gasteiger partial charge in [-0.1, -0.05) is 13.0 Å². The summed E-state index contributed by atoms with van der Waals surface area (Å²) in [7, 11) is 2.14. The van der Waals surface area contributed by atoms with Gasteiger partial charge in [0.25, 0.3) is 0 Å². The summed E-state index contributed by atoms with van der Waals surface area (Å²) in [6.45, 7) is 2.04. The molecule has 0 fully saturated rings. The minimum atomic E-state index is -2.54. The largest absolute Gasteiger partial charge is 0.539 e. The van der Waals surface area contributed by atoms with E-state index in [4.69, 9.17) is 18.0 Å². The van der Waals surface area contributed by atoms with Crippen LogP contribution in [0.15, 0.2) is 12.3 Å². The van der Waals surface area contributed by atoms with Crippen LogP contribution < -0.4 is 0 Å². The maximum Gasteiger partial charge on any atom is 0.539 e. The molecule has 0 saturated carbocycles. The number of ether oxygens (including phenoxy) is 1. The van der Waals surface area contributed by atoms with E-state index in [9.17, 15) is 0 Å². The highest BCUT2D eigenvalue weighted by Gasteiger charge is 2.38.